The van der Waals surface area contributed by atoms with Gasteiger partial charge >= 0.3 is 0 Å². The number of H-pyrrole nitrogens is 1. The standard InChI is InChI=1S/C16H14N4O3S/c1-20-15-5-4-13(6-11(15)7-16(20)21)24(22,23)19-12-3-2-10-9-17-18-14(10)8-12/h2-6,8-9,19H,7H2,1H3,(H,17,18). The first-order valence-electron chi connectivity index (χ1n) is 7.29. The maximum atomic E-state index is 12.6. The van der Waals surface area contributed by atoms with Gasteiger partial charge in [0.15, 0.2) is 0 Å². The topological polar surface area (TPSA) is 95.2 Å². The van der Waals surface area contributed by atoms with Gasteiger partial charge in [0.25, 0.3) is 10.0 Å². The Balaban J connectivity index is 1.68. The highest BCUT2D eigenvalue weighted by molar-refractivity contribution is 7.92. The molecule has 8 heteroatoms. The van der Waals surface area contributed by atoms with Crippen LogP contribution < -0.4 is 9.62 Å². The van der Waals surface area contributed by atoms with E-state index in [0.29, 0.717) is 5.69 Å². The fourth-order valence-corrected chi connectivity index (χ4v) is 3.93. The van der Waals surface area contributed by atoms with Crippen LogP contribution in [0, 0.1) is 0 Å². The Hall–Kier alpha value is -2.87. The molecule has 24 heavy (non-hydrogen) atoms. The third kappa shape index (κ3) is 2.31. The van der Waals surface area contributed by atoms with E-state index in [9.17, 15) is 13.2 Å². The van der Waals surface area contributed by atoms with Gasteiger partial charge in [0.05, 0.1) is 28.7 Å². The summed E-state index contributed by atoms with van der Waals surface area (Å²) < 4.78 is 27.8. The van der Waals surface area contributed by atoms with Gasteiger partial charge in [0.1, 0.15) is 0 Å². The van der Waals surface area contributed by atoms with E-state index in [0.717, 1.165) is 22.2 Å². The van der Waals surface area contributed by atoms with Crippen LogP contribution in [-0.4, -0.2) is 31.6 Å². The van der Waals surface area contributed by atoms with E-state index in [-0.39, 0.29) is 17.2 Å². The van der Waals surface area contributed by atoms with Gasteiger partial charge in [-0.3, -0.25) is 14.6 Å². The van der Waals surface area contributed by atoms with Gasteiger partial charge in [0.2, 0.25) is 5.91 Å². The number of fused-ring (bicyclic) bond motifs is 2. The van der Waals surface area contributed by atoms with Gasteiger partial charge in [0, 0.05) is 18.1 Å². The van der Waals surface area contributed by atoms with E-state index in [1.807, 2.05) is 0 Å². The molecule has 0 bridgehead atoms. The molecule has 0 aliphatic carbocycles. The fraction of sp³-hybridized carbons (Fsp3) is 0.125. The molecular weight excluding hydrogens is 328 g/mol. The zero-order valence-electron chi connectivity index (χ0n) is 12.8. The Labute approximate surface area is 138 Å². The van der Waals surface area contributed by atoms with Crippen molar-refractivity contribution < 1.29 is 13.2 Å². The number of carbonyl (C=O) groups is 1. The lowest BCUT2D eigenvalue weighted by Gasteiger charge is -2.12. The lowest BCUT2D eigenvalue weighted by molar-refractivity contribution is -0.117. The smallest absolute Gasteiger partial charge is 0.261 e. The number of likely N-dealkylation sites (N-methyl/N-ethyl adjacent to an activating group) is 1. The first-order chi connectivity index (χ1) is 11.4. The van der Waals surface area contributed by atoms with Crippen molar-refractivity contribution in [2.75, 3.05) is 16.7 Å². The first kappa shape index (κ1) is 14.7. The van der Waals surface area contributed by atoms with Crippen molar-refractivity contribution in [2.45, 2.75) is 11.3 Å². The molecule has 0 atom stereocenters. The summed E-state index contributed by atoms with van der Waals surface area (Å²) in [5.74, 6) is -0.0443. The van der Waals surface area contributed by atoms with Crippen LogP contribution >= 0.6 is 0 Å². The van der Waals surface area contributed by atoms with Crippen molar-refractivity contribution in [3.63, 3.8) is 0 Å². The maximum Gasteiger partial charge on any atom is 0.261 e. The van der Waals surface area contributed by atoms with Crippen LogP contribution in [0.1, 0.15) is 5.56 Å². The average molecular weight is 342 g/mol. The van der Waals surface area contributed by atoms with E-state index in [1.54, 1.807) is 43.6 Å². The molecule has 122 valence electrons. The third-order valence-electron chi connectivity index (χ3n) is 4.13. The van der Waals surface area contributed by atoms with Gasteiger partial charge in [-0.25, -0.2) is 8.42 Å². The summed E-state index contributed by atoms with van der Waals surface area (Å²) in [4.78, 5) is 13.4. The van der Waals surface area contributed by atoms with Crippen LogP contribution in [0.4, 0.5) is 11.4 Å². The number of hydrogen-bond acceptors (Lipinski definition) is 4. The van der Waals surface area contributed by atoms with Crippen molar-refractivity contribution in [1.29, 1.82) is 0 Å². The first-order valence-corrected chi connectivity index (χ1v) is 8.78. The number of carbonyl (C=O) groups excluding carboxylic acids is 1. The second-order valence-corrected chi connectivity index (χ2v) is 7.38. The highest BCUT2D eigenvalue weighted by Gasteiger charge is 2.26. The van der Waals surface area contributed by atoms with Gasteiger partial charge < -0.3 is 4.90 Å². The Morgan fingerprint density at radius 2 is 2.04 bits per heavy atom. The van der Waals surface area contributed by atoms with Crippen molar-refractivity contribution in [1.82, 2.24) is 10.2 Å². The Kier molecular flexibility index (Phi) is 3.10. The molecule has 2 aromatic carbocycles. The Bertz CT molecular complexity index is 1070. The minimum absolute atomic E-state index is 0.0443. The van der Waals surface area contributed by atoms with Gasteiger partial charge in [-0.15, -0.1) is 0 Å². The van der Waals surface area contributed by atoms with E-state index in [1.165, 1.54) is 11.0 Å². The molecule has 0 fully saturated rings. The zero-order valence-corrected chi connectivity index (χ0v) is 13.6. The highest BCUT2D eigenvalue weighted by Crippen LogP contribution is 2.30. The van der Waals surface area contributed by atoms with Gasteiger partial charge in [-0.2, -0.15) is 5.10 Å². The molecule has 0 radical (unpaired) electrons. The van der Waals surface area contributed by atoms with Crippen molar-refractivity contribution >= 4 is 38.2 Å². The van der Waals surface area contributed by atoms with Crippen LogP contribution in [0.2, 0.25) is 0 Å². The lowest BCUT2D eigenvalue weighted by atomic mass is 10.2. The molecule has 0 unspecified atom stereocenters. The Morgan fingerprint density at radius 1 is 1.21 bits per heavy atom. The third-order valence-corrected chi connectivity index (χ3v) is 5.51. The Morgan fingerprint density at radius 3 is 2.88 bits per heavy atom. The number of nitrogens with one attached hydrogen (secondary N) is 2. The number of nitrogens with zero attached hydrogens (tertiary/aromatic N) is 2. The predicted molar refractivity (Wildman–Crippen MR) is 90.5 cm³/mol. The maximum absolute atomic E-state index is 12.6. The molecular formula is C16H14N4O3S. The van der Waals surface area contributed by atoms with E-state index >= 15 is 0 Å². The molecule has 4 rings (SSSR count). The second kappa shape index (κ2) is 5.07. The molecule has 7 nitrogen and oxygen atoms in total. The van der Waals surface area contributed by atoms with E-state index in [2.05, 4.69) is 14.9 Å². The average Bonchev–Trinajstić information content (AvgIpc) is 3.11. The molecule has 1 aliphatic rings. The lowest BCUT2D eigenvalue weighted by Crippen LogP contribution is -2.20. The number of hydrogen-bond donors (Lipinski definition) is 2. The molecule has 0 saturated heterocycles. The summed E-state index contributed by atoms with van der Waals surface area (Å²) in [6, 6.07) is 9.86. The zero-order chi connectivity index (χ0) is 16.9. The fourth-order valence-electron chi connectivity index (χ4n) is 2.83. The monoisotopic (exact) mass is 342 g/mol. The van der Waals surface area contributed by atoms with Crippen LogP contribution in [0.5, 0.6) is 0 Å². The number of rotatable bonds is 3. The molecule has 1 aliphatic heterocycles. The molecule has 2 N–H and O–H groups in total. The summed E-state index contributed by atoms with van der Waals surface area (Å²) >= 11 is 0. The molecule has 0 saturated carbocycles. The van der Waals surface area contributed by atoms with Crippen molar-refractivity contribution in [2.24, 2.45) is 0 Å². The normalized spacial score (nSPS) is 14.2. The summed E-state index contributed by atoms with van der Waals surface area (Å²) in [7, 11) is -2.05. The minimum Gasteiger partial charge on any atom is -0.315 e. The number of anilines is 2. The predicted octanol–water partition coefficient (Wildman–Crippen LogP) is 1.88. The molecule has 0 spiro atoms. The van der Waals surface area contributed by atoms with Crippen LogP contribution in [-0.2, 0) is 21.2 Å². The number of amides is 1. The molecule has 3 aromatic rings. The highest BCUT2D eigenvalue weighted by atomic mass is 32.2. The van der Waals surface area contributed by atoms with E-state index in [4.69, 9.17) is 0 Å². The number of sulfonamides is 1. The quantitative estimate of drug-likeness (QED) is 0.760. The van der Waals surface area contributed by atoms with Gasteiger partial charge in [-0.05, 0) is 42.0 Å². The van der Waals surface area contributed by atoms with Crippen molar-refractivity contribution in [3.05, 3.63) is 48.2 Å². The van der Waals surface area contributed by atoms with Crippen LogP contribution in [0.15, 0.2) is 47.5 Å². The van der Waals surface area contributed by atoms with E-state index < -0.39 is 10.0 Å². The number of benzene rings is 2. The minimum atomic E-state index is -3.74. The number of aromatic amines is 1. The summed E-state index contributed by atoms with van der Waals surface area (Å²) in [6.45, 7) is 0. The number of aromatic nitrogens is 2. The van der Waals surface area contributed by atoms with Crippen LogP contribution in [0.3, 0.4) is 0 Å². The molecule has 2 heterocycles. The van der Waals surface area contributed by atoms with Crippen molar-refractivity contribution in [3.8, 4) is 0 Å². The van der Waals surface area contributed by atoms with Crippen LogP contribution in [0.25, 0.3) is 10.9 Å². The molecule has 1 amide bonds. The summed E-state index contributed by atoms with van der Waals surface area (Å²) in [5, 5.41) is 7.61. The summed E-state index contributed by atoms with van der Waals surface area (Å²) in [6.07, 6.45) is 1.89. The largest absolute Gasteiger partial charge is 0.315 e. The SMILES string of the molecule is CN1C(=O)Cc2cc(S(=O)(=O)Nc3ccc4cn[nH]c4c3)ccc21. The molecule has 1 aromatic heterocycles. The second-order valence-electron chi connectivity index (χ2n) is 5.70. The van der Waals surface area contributed by atoms with Gasteiger partial charge in [-0.1, -0.05) is 0 Å². The summed E-state index contributed by atoms with van der Waals surface area (Å²) in [5.41, 5.74) is 2.66.